The lowest BCUT2D eigenvalue weighted by molar-refractivity contribution is 0.199. The molecule has 6 N–H and O–H groups in total. The topological polar surface area (TPSA) is 112 Å². The third kappa shape index (κ3) is 3.62. The average Bonchev–Trinajstić information content (AvgIpc) is 3.02. The Morgan fingerprint density at radius 2 is 2.08 bits per heavy atom. The van der Waals surface area contributed by atoms with Gasteiger partial charge < -0.3 is 25.1 Å². The van der Waals surface area contributed by atoms with Crippen LogP contribution in [-0.4, -0.2) is 29.1 Å². The molecule has 2 aliphatic rings. The van der Waals surface area contributed by atoms with Crippen molar-refractivity contribution >= 4 is 0 Å². The van der Waals surface area contributed by atoms with Crippen LogP contribution in [0.3, 0.4) is 0 Å². The normalized spacial score (nSPS) is 26.3. The summed E-state index contributed by atoms with van der Waals surface area (Å²) in [6.07, 6.45) is 7.30. The van der Waals surface area contributed by atoms with E-state index < -0.39 is 6.17 Å². The van der Waals surface area contributed by atoms with E-state index in [1.165, 1.54) is 0 Å². The van der Waals surface area contributed by atoms with Gasteiger partial charge in [0.05, 0.1) is 13.0 Å². The van der Waals surface area contributed by atoms with Gasteiger partial charge in [-0.2, -0.15) is 0 Å². The number of aromatic nitrogens is 2. The maximum atomic E-state index is 6.23. The van der Waals surface area contributed by atoms with Crippen molar-refractivity contribution in [1.29, 1.82) is 0 Å². The lowest BCUT2D eigenvalue weighted by Gasteiger charge is -2.32. The molecule has 0 radical (unpaired) electrons. The van der Waals surface area contributed by atoms with E-state index in [-0.39, 0.29) is 18.1 Å². The van der Waals surface area contributed by atoms with Crippen molar-refractivity contribution in [2.75, 3.05) is 7.11 Å². The fourth-order valence-electron chi connectivity index (χ4n) is 3.28. The number of ether oxygens (including phenoxy) is 2. The molecule has 0 fully saturated rings. The van der Waals surface area contributed by atoms with Crippen LogP contribution in [0.5, 0.6) is 0 Å². The Balaban J connectivity index is 1.94. The third-order valence-electron chi connectivity index (χ3n) is 4.69. The summed E-state index contributed by atoms with van der Waals surface area (Å²) in [7, 11) is 3.67. The second-order valence-electron chi connectivity index (χ2n) is 6.87. The molecule has 3 atom stereocenters. The van der Waals surface area contributed by atoms with Crippen molar-refractivity contribution in [3.63, 3.8) is 0 Å². The summed E-state index contributed by atoms with van der Waals surface area (Å²) in [4.78, 5) is 4.50. The zero-order chi connectivity index (χ0) is 18.8. The second kappa shape index (κ2) is 7.53. The fraction of sp³-hybridized carbons (Fsp3) is 0.500. The van der Waals surface area contributed by atoms with Crippen molar-refractivity contribution in [1.82, 2.24) is 20.2 Å². The summed E-state index contributed by atoms with van der Waals surface area (Å²) in [6.45, 7) is 4.26. The van der Waals surface area contributed by atoms with E-state index in [0.29, 0.717) is 12.2 Å². The first kappa shape index (κ1) is 18.5. The van der Waals surface area contributed by atoms with E-state index in [9.17, 15) is 0 Å². The van der Waals surface area contributed by atoms with Crippen molar-refractivity contribution in [3.05, 3.63) is 53.3 Å². The number of imidazole rings is 1. The summed E-state index contributed by atoms with van der Waals surface area (Å²) in [6, 6.07) is 0. The molecule has 0 saturated carbocycles. The van der Waals surface area contributed by atoms with Gasteiger partial charge in [0.2, 0.25) is 0 Å². The molecule has 0 bridgehead atoms. The van der Waals surface area contributed by atoms with Crippen LogP contribution in [0.15, 0.2) is 47.5 Å². The predicted octanol–water partition coefficient (Wildman–Crippen LogP) is 0.926. The molecule has 1 aliphatic carbocycles. The molecule has 1 aromatic rings. The third-order valence-corrected chi connectivity index (χ3v) is 4.69. The van der Waals surface area contributed by atoms with Gasteiger partial charge in [0, 0.05) is 32.1 Å². The molecule has 1 aliphatic heterocycles. The number of rotatable bonds is 5. The van der Waals surface area contributed by atoms with Crippen LogP contribution < -0.4 is 22.1 Å². The minimum Gasteiger partial charge on any atom is -0.500 e. The number of nitrogens with zero attached hydrogens (tertiary/aromatic N) is 2. The molecule has 142 valence electrons. The summed E-state index contributed by atoms with van der Waals surface area (Å²) in [5.41, 5.74) is 13.0. The van der Waals surface area contributed by atoms with Crippen LogP contribution in [0.2, 0.25) is 0 Å². The highest BCUT2D eigenvalue weighted by molar-refractivity contribution is 5.37. The Morgan fingerprint density at radius 3 is 2.65 bits per heavy atom. The number of hydrogen-bond acceptors (Lipinski definition) is 7. The molecular weight excluding hydrogens is 332 g/mol. The SMILES string of the molecule is COC1=CC(C(C)C)=C(OC2=CNC(N)NC2N)CC1c1nccn1C. The van der Waals surface area contributed by atoms with E-state index in [1.54, 1.807) is 19.5 Å². The van der Waals surface area contributed by atoms with Crippen molar-refractivity contribution < 1.29 is 9.47 Å². The molecule has 0 spiro atoms. The molecule has 3 unspecified atom stereocenters. The van der Waals surface area contributed by atoms with Crippen LogP contribution in [-0.2, 0) is 16.5 Å². The van der Waals surface area contributed by atoms with Crippen LogP contribution in [0.4, 0.5) is 0 Å². The van der Waals surface area contributed by atoms with Gasteiger partial charge in [0.15, 0.2) is 5.76 Å². The number of allylic oxidation sites excluding steroid dienone is 4. The monoisotopic (exact) mass is 360 g/mol. The molecule has 2 heterocycles. The lowest BCUT2D eigenvalue weighted by atomic mass is 9.87. The van der Waals surface area contributed by atoms with Gasteiger partial charge >= 0.3 is 0 Å². The zero-order valence-corrected chi connectivity index (χ0v) is 15.7. The quantitative estimate of drug-likeness (QED) is 0.618. The summed E-state index contributed by atoms with van der Waals surface area (Å²) >= 11 is 0. The van der Waals surface area contributed by atoms with Crippen LogP contribution in [0, 0.1) is 5.92 Å². The molecule has 0 amide bonds. The van der Waals surface area contributed by atoms with E-state index in [1.807, 2.05) is 17.8 Å². The zero-order valence-electron chi connectivity index (χ0n) is 15.7. The number of aryl methyl sites for hydroxylation is 1. The van der Waals surface area contributed by atoms with Gasteiger partial charge in [-0.3, -0.25) is 11.1 Å². The first-order valence-corrected chi connectivity index (χ1v) is 8.77. The molecule has 8 heteroatoms. The number of methoxy groups -OCH3 is 1. The Hall–Kier alpha value is -2.29. The summed E-state index contributed by atoms with van der Waals surface area (Å²) in [5.74, 6) is 3.56. The van der Waals surface area contributed by atoms with E-state index in [0.717, 1.165) is 22.9 Å². The molecule has 0 saturated heterocycles. The highest BCUT2D eigenvalue weighted by atomic mass is 16.5. The maximum absolute atomic E-state index is 6.23. The summed E-state index contributed by atoms with van der Waals surface area (Å²) < 4.78 is 13.9. The van der Waals surface area contributed by atoms with Crippen molar-refractivity contribution in [2.45, 2.75) is 38.6 Å². The standard InChI is InChI=1S/C18H28N6O2/c1-10(2)11-7-13(25-4)12(17-21-5-6-24(17)3)8-14(11)26-15-9-22-18(20)23-16(15)19/h5-7,9-10,12,16,18,22-23H,8,19-20H2,1-4H3. The molecular formula is C18H28N6O2. The first-order chi connectivity index (χ1) is 12.4. The second-order valence-corrected chi connectivity index (χ2v) is 6.87. The smallest absolute Gasteiger partial charge is 0.151 e. The molecule has 3 rings (SSSR count). The fourth-order valence-corrected chi connectivity index (χ4v) is 3.28. The first-order valence-electron chi connectivity index (χ1n) is 8.77. The van der Waals surface area contributed by atoms with Gasteiger partial charge in [0.25, 0.3) is 0 Å². The Morgan fingerprint density at radius 1 is 1.31 bits per heavy atom. The minimum absolute atomic E-state index is 0.0129. The van der Waals surface area contributed by atoms with E-state index in [2.05, 4.69) is 35.5 Å². The van der Waals surface area contributed by atoms with Gasteiger partial charge in [-0.05, 0) is 17.6 Å². The summed E-state index contributed by atoms with van der Waals surface area (Å²) in [5, 5.41) is 5.99. The highest BCUT2D eigenvalue weighted by Gasteiger charge is 2.32. The van der Waals surface area contributed by atoms with E-state index >= 15 is 0 Å². The predicted molar refractivity (Wildman–Crippen MR) is 98.9 cm³/mol. The van der Waals surface area contributed by atoms with Gasteiger partial charge in [-0.1, -0.05) is 13.8 Å². The molecule has 1 aromatic heterocycles. The molecule has 8 nitrogen and oxygen atoms in total. The Labute approximate surface area is 153 Å². The van der Waals surface area contributed by atoms with Crippen molar-refractivity contribution in [3.8, 4) is 0 Å². The van der Waals surface area contributed by atoms with Gasteiger partial charge in [-0.15, -0.1) is 0 Å². The highest BCUT2D eigenvalue weighted by Crippen LogP contribution is 2.39. The maximum Gasteiger partial charge on any atom is 0.151 e. The van der Waals surface area contributed by atoms with Crippen LogP contribution >= 0.6 is 0 Å². The molecule has 26 heavy (non-hydrogen) atoms. The largest absolute Gasteiger partial charge is 0.500 e. The number of nitrogens with one attached hydrogen (secondary N) is 2. The number of hydrogen-bond donors (Lipinski definition) is 4. The van der Waals surface area contributed by atoms with Gasteiger partial charge in [0.1, 0.15) is 29.8 Å². The number of nitrogens with two attached hydrogens (primary N) is 2. The lowest BCUT2D eigenvalue weighted by Crippen LogP contribution is -2.58. The van der Waals surface area contributed by atoms with Crippen LogP contribution in [0.1, 0.15) is 32.0 Å². The molecule has 0 aromatic carbocycles. The van der Waals surface area contributed by atoms with Crippen LogP contribution in [0.25, 0.3) is 0 Å². The van der Waals surface area contributed by atoms with Crippen molar-refractivity contribution in [2.24, 2.45) is 24.4 Å². The minimum atomic E-state index is -0.466. The Kier molecular flexibility index (Phi) is 5.36. The Bertz CT molecular complexity index is 749. The average molecular weight is 360 g/mol. The van der Waals surface area contributed by atoms with E-state index in [4.69, 9.17) is 20.9 Å². The van der Waals surface area contributed by atoms with Gasteiger partial charge in [-0.25, -0.2) is 4.98 Å².